The molecule has 4 nitrogen and oxygen atoms in total. The largest absolute Gasteiger partial charge is 0.307 e. The molecule has 0 saturated carbocycles. The number of amides is 1. The van der Waals surface area contributed by atoms with Gasteiger partial charge in [0.2, 0.25) is 0 Å². The molecule has 0 saturated heterocycles. The van der Waals surface area contributed by atoms with Gasteiger partial charge in [-0.05, 0) is 47.1 Å². The molecule has 2 aromatic heterocycles. The van der Waals surface area contributed by atoms with E-state index in [0.29, 0.717) is 16.5 Å². The minimum Gasteiger partial charge on any atom is -0.307 e. The Labute approximate surface area is 118 Å². The molecule has 18 heavy (non-hydrogen) atoms. The van der Waals surface area contributed by atoms with Crippen LogP contribution >= 0.6 is 27.5 Å². The molecular formula is C12H9BrClN3O. The molecule has 0 aliphatic carbocycles. The number of anilines is 1. The van der Waals surface area contributed by atoms with Crippen molar-refractivity contribution in [2.45, 2.75) is 6.92 Å². The summed E-state index contributed by atoms with van der Waals surface area (Å²) in [6.07, 6.45) is 1.42. The van der Waals surface area contributed by atoms with Crippen molar-refractivity contribution in [2.75, 3.05) is 5.32 Å². The van der Waals surface area contributed by atoms with E-state index in [2.05, 4.69) is 31.2 Å². The zero-order valence-corrected chi connectivity index (χ0v) is 11.8. The Hall–Kier alpha value is -1.46. The Kier molecular flexibility index (Phi) is 3.93. The lowest BCUT2D eigenvalue weighted by molar-refractivity contribution is 0.102. The maximum atomic E-state index is 11.9. The number of carbonyl (C=O) groups excluding carboxylic acids is 1. The topological polar surface area (TPSA) is 54.9 Å². The lowest BCUT2D eigenvalue weighted by Crippen LogP contribution is -2.13. The third-order valence-electron chi connectivity index (χ3n) is 2.25. The SMILES string of the molecule is Cc1nc(NC(=O)c2ccc(Cl)nc2)ccc1Br. The Morgan fingerprint density at radius 1 is 1.33 bits per heavy atom. The zero-order valence-electron chi connectivity index (χ0n) is 9.45. The highest BCUT2D eigenvalue weighted by atomic mass is 79.9. The second-order valence-electron chi connectivity index (χ2n) is 3.59. The summed E-state index contributed by atoms with van der Waals surface area (Å²) in [7, 11) is 0. The predicted molar refractivity (Wildman–Crippen MR) is 73.9 cm³/mol. The first-order valence-electron chi connectivity index (χ1n) is 5.12. The Morgan fingerprint density at radius 2 is 2.11 bits per heavy atom. The highest BCUT2D eigenvalue weighted by Gasteiger charge is 2.08. The number of rotatable bonds is 2. The molecule has 0 aliphatic heterocycles. The van der Waals surface area contributed by atoms with Crippen molar-refractivity contribution in [3.63, 3.8) is 0 Å². The van der Waals surface area contributed by atoms with Gasteiger partial charge in [0, 0.05) is 10.7 Å². The number of aryl methyl sites for hydroxylation is 1. The molecule has 0 atom stereocenters. The summed E-state index contributed by atoms with van der Waals surface area (Å²) in [5.74, 6) is 0.226. The number of pyridine rings is 2. The number of aromatic nitrogens is 2. The van der Waals surface area contributed by atoms with Crippen molar-refractivity contribution in [3.8, 4) is 0 Å². The van der Waals surface area contributed by atoms with E-state index >= 15 is 0 Å². The van der Waals surface area contributed by atoms with Gasteiger partial charge in [0.25, 0.3) is 5.91 Å². The van der Waals surface area contributed by atoms with Gasteiger partial charge < -0.3 is 5.32 Å². The van der Waals surface area contributed by atoms with Gasteiger partial charge in [-0.3, -0.25) is 4.79 Å². The highest BCUT2D eigenvalue weighted by molar-refractivity contribution is 9.10. The van der Waals surface area contributed by atoms with Crippen molar-refractivity contribution >= 4 is 39.3 Å². The minimum atomic E-state index is -0.270. The fourth-order valence-corrected chi connectivity index (χ4v) is 1.64. The molecule has 0 aliphatic rings. The molecule has 2 heterocycles. The molecule has 1 amide bonds. The van der Waals surface area contributed by atoms with Crippen LogP contribution in [-0.4, -0.2) is 15.9 Å². The van der Waals surface area contributed by atoms with Gasteiger partial charge >= 0.3 is 0 Å². The molecule has 0 bridgehead atoms. The van der Waals surface area contributed by atoms with Gasteiger partial charge in [-0.1, -0.05) is 11.6 Å². The molecule has 1 N–H and O–H groups in total. The average Bonchev–Trinajstić information content (AvgIpc) is 2.34. The molecule has 92 valence electrons. The quantitative estimate of drug-likeness (QED) is 0.860. The van der Waals surface area contributed by atoms with E-state index in [0.717, 1.165) is 10.2 Å². The van der Waals surface area contributed by atoms with Crippen LogP contribution in [0.5, 0.6) is 0 Å². The summed E-state index contributed by atoms with van der Waals surface area (Å²) in [5, 5.41) is 3.04. The molecule has 6 heteroatoms. The lowest BCUT2D eigenvalue weighted by atomic mass is 10.2. The Balaban J connectivity index is 2.16. The second-order valence-corrected chi connectivity index (χ2v) is 4.83. The van der Waals surface area contributed by atoms with E-state index in [1.165, 1.54) is 6.20 Å². The average molecular weight is 327 g/mol. The number of nitrogens with zero attached hydrogens (tertiary/aromatic N) is 2. The number of carbonyl (C=O) groups is 1. The molecular weight excluding hydrogens is 318 g/mol. The van der Waals surface area contributed by atoms with Crippen LogP contribution in [0.2, 0.25) is 5.15 Å². The van der Waals surface area contributed by atoms with Crippen LogP contribution in [0.3, 0.4) is 0 Å². The summed E-state index contributed by atoms with van der Waals surface area (Å²) < 4.78 is 0.897. The first kappa shape index (κ1) is 13.0. The van der Waals surface area contributed by atoms with E-state index in [1.54, 1.807) is 18.2 Å². The Bertz CT molecular complexity index is 586. The number of hydrogen-bond donors (Lipinski definition) is 1. The van der Waals surface area contributed by atoms with E-state index in [1.807, 2.05) is 13.0 Å². The summed E-state index contributed by atoms with van der Waals surface area (Å²) in [6.45, 7) is 1.85. The zero-order chi connectivity index (χ0) is 13.1. The van der Waals surface area contributed by atoms with Gasteiger partial charge in [0.1, 0.15) is 11.0 Å². The van der Waals surface area contributed by atoms with Crippen LogP contribution in [0.15, 0.2) is 34.9 Å². The second kappa shape index (κ2) is 5.46. The van der Waals surface area contributed by atoms with Crippen LogP contribution in [0, 0.1) is 6.92 Å². The monoisotopic (exact) mass is 325 g/mol. The third-order valence-corrected chi connectivity index (χ3v) is 3.31. The molecule has 0 radical (unpaired) electrons. The molecule has 0 unspecified atom stereocenters. The molecule has 2 rings (SSSR count). The normalized spacial score (nSPS) is 10.2. The van der Waals surface area contributed by atoms with Gasteiger partial charge in [0.05, 0.1) is 11.3 Å². The van der Waals surface area contributed by atoms with Crippen molar-refractivity contribution < 1.29 is 4.79 Å². The highest BCUT2D eigenvalue weighted by Crippen LogP contribution is 2.16. The molecule has 2 aromatic rings. The van der Waals surface area contributed by atoms with E-state index < -0.39 is 0 Å². The number of nitrogens with one attached hydrogen (secondary N) is 1. The first-order chi connectivity index (χ1) is 8.56. The fraction of sp³-hybridized carbons (Fsp3) is 0.0833. The summed E-state index contributed by atoms with van der Waals surface area (Å²) in [6, 6.07) is 6.73. The molecule has 0 aromatic carbocycles. The van der Waals surface area contributed by atoms with Gasteiger partial charge in [-0.2, -0.15) is 0 Å². The maximum absolute atomic E-state index is 11.9. The molecule has 0 fully saturated rings. The van der Waals surface area contributed by atoms with Crippen LogP contribution in [-0.2, 0) is 0 Å². The van der Waals surface area contributed by atoms with E-state index in [-0.39, 0.29) is 5.91 Å². The van der Waals surface area contributed by atoms with Gasteiger partial charge in [0.15, 0.2) is 0 Å². The van der Waals surface area contributed by atoms with Crippen LogP contribution in [0.25, 0.3) is 0 Å². The smallest absolute Gasteiger partial charge is 0.258 e. The predicted octanol–water partition coefficient (Wildman–Crippen LogP) is 3.45. The maximum Gasteiger partial charge on any atom is 0.258 e. The number of hydrogen-bond acceptors (Lipinski definition) is 3. The van der Waals surface area contributed by atoms with E-state index in [4.69, 9.17) is 11.6 Å². The van der Waals surface area contributed by atoms with Crippen LogP contribution in [0.4, 0.5) is 5.82 Å². The fourth-order valence-electron chi connectivity index (χ4n) is 1.31. The van der Waals surface area contributed by atoms with Crippen LogP contribution in [0.1, 0.15) is 16.1 Å². The van der Waals surface area contributed by atoms with Crippen molar-refractivity contribution in [1.82, 2.24) is 9.97 Å². The van der Waals surface area contributed by atoms with Crippen molar-refractivity contribution in [3.05, 3.63) is 51.3 Å². The van der Waals surface area contributed by atoms with Crippen molar-refractivity contribution in [2.24, 2.45) is 0 Å². The van der Waals surface area contributed by atoms with Gasteiger partial charge in [-0.15, -0.1) is 0 Å². The summed E-state index contributed by atoms with van der Waals surface area (Å²) >= 11 is 9.00. The summed E-state index contributed by atoms with van der Waals surface area (Å²) in [4.78, 5) is 20.0. The van der Waals surface area contributed by atoms with Gasteiger partial charge in [-0.25, -0.2) is 9.97 Å². The van der Waals surface area contributed by atoms with Crippen molar-refractivity contribution in [1.29, 1.82) is 0 Å². The lowest BCUT2D eigenvalue weighted by Gasteiger charge is -2.05. The molecule has 0 spiro atoms. The third kappa shape index (κ3) is 3.05. The number of halogens is 2. The Morgan fingerprint density at radius 3 is 2.72 bits per heavy atom. The van der Waals surface area contributed by atoms with Crippen LogP contribution < -0.4 is 5.32 Å². The standard InChI is InChI=1S/C12H9BrClN3O/c1-7-9(13)3-5-11(16-7)17-12(18)8-2-4-10(14)15-6-8/h2-6H,1H3,(H,16,17,18). The van der Waals surface area contributed by atoms with E-state index in [9.17, 15) is 4.79 Å². The summed E-state index contributed by atoms with van der Waals surface area (Å²) in [5.41, 5.74) is 1.24. The minimum absolute atomic E-state index is 0.270. The first-order valence-corrected chi connectivity index (χ1v) is 6.29.